The molecule has 0 saturated carbocycles. The molecule has 0 atom stereocenters. The Bertz CT molecular complexity index is 78.1. The van der Waals surface area contributed by atoms with Crippen LogP contribution in [0.25, 0.3) is 0 Å². The first-order chi connectivity index (χ1) is 3.71. The molecule has 1 aliphatic heterocycles. The Morgan fingerprint density at radius 1 is 1.12 bits per heavy atom. The first kappa shape index (κ1) is 7.44. The van der Waals surface area contributed by atoms with Gasteiger partial charge in [-0.15, -0.1) is 0 Å². The molecule has 0 aromatic carbocycles. The van der Waals surface area contributed by atoms with Gasteiger partial charge in [-0.05, 0) is 0 Å². The monoisotopic (exact) mass is 272 g/mol. The maximum atomic E-state index is 5.95. The van der Waals surface area contributed by atoms with Crippen LogP contribution >= 0.6 is 17.9 Å². The van der Waals surface area contributed by atoms with Gasteiger partial charge in [0.2, 0.25) is 0 Å². The first-order valence-electron chi connectivity index (χ1n) is 2.46. The Hall–Kier alpha value is 1.33. The van der Waals surface area contributed by atoms with E-state index in [9.17, 15) is 0 Å². The summed E-state index contributed by atoms with van der Waals surface area (Å²) in [6.07, 6.45) is 0. The Morgan fingerprint density at radius 3 is 1.88 bits per heavy atom. The third-order valence-electron chi connectivity index (χ3n) is 1.05. The summed E-state index contributed by atoms with van der Waals surface area (Å²) in [5.74, 6) is 0. The van der Waals surface area contributed by atoms with E-state index in [2.05, 4.69) is 0 Å². The molecule has 0 N–H and O–H groups in total. The number of halogens is 2. The van der Waals surface area contributed by atoms with Gasteiger partial charge in [0, 0.05) is 0 Å². The van der Waals surface area contributed by atoms with Crippen LogP contribution in [0.5, 0.6) is 0 Å². The average Bonchev–Trinajstić information content (AvgIpc) is 1.65. The second-order valence-electron chi connectivity index (χ2n) is 1.72. The van der Waals surface area contributed by atoms with Crippen molar-refractivity contribution in [2.45, 2.75) is 8.94 Å². The van der Waals surface area contributed by atoms with Crippen LogP contribution in [0.2, 0.25) is 8.94 Å². The van der Waals surface area contributed by atoms with Crippen LogP contribution in [0.4, 0.5) is 0 Å². The van der Waals surface area contributed by atoms with Gasteiger partial charge in [0.25, 0.3) is 0 Å². The van der Waals surface area contributed by atoms with Gasteiger partial charge < -0.3 is 0 Å². The van der Waals surface area contributed by atoms with Crippen LogP contribution in [0.15, 0.2) is 0 Å². The van der Waals surface area contributed by atoms with E-state index in [1.807, 2.05) is 0 Å². The van der Waals surface area contributed by atoms with E-state index < -0.39 is 15.9 Å². The Morgan fingerprint density at radius 2 is 1.62 bits per heavy atom. The summed E-state index contributed by atoms with van der Waals surface area (Å²) in [5.41, 5.74) is 0. The van der Waals surface area contributed by atoms with Gasteiger partial charge >= 0.3 is 60.8 Å². The molecule has 50 valence electrons. The summed E-state index contributed by atoms with van der Waals surface area (Å²) in [6, 6.07) is 0. The molecular formula is C4H8Cl2OTe. The van der Waals surface area contributed by atoms with Crippen molar-refractivity contribution in [2.24, 2.45) is 0 Å². The zero-order chi connectivity index (χ0) is 6.04. The summed E-state index contributed by atoms with van der Waals surface area (Å²) in [5, 5.41) is 0. The zero-order valence-corrected chi connectivity index (χ0v) is 8.24. The van der Waals surface area contributed by atoms with Crippen LogP contribution in [0.3, 0.4) is 0 Å². The molecule has 1 fully saturated rings. The van der Waals surface area contributed by atoms with Gasteiger partial charge in [-0.1, -0.05) is 0 Å². The standard InChI is InChI=1S/C4H8Cl2OTe/c5-8(6)3-1-7-2-4-8/h1-4H2. The van der Waals surface area contributed by atoms with E-state index in [4.69, 9.17) is 22.7 Å². The number of rotatable bonds is 0. The van der Waals surface area contributed by atoms with E-state index >= 15 is 0 Å². The molecule has 0 spiro atoms. The number of ether oxygens (including phenoxy) is 1. The van der Waals surface area contributed by atoms with Crippen LogP contribution in [0, 0.1) is 0 Å². The van der Waals surface area contributed by atoms with Crippen molar-refractivity contribution in [1.82, 2.24) is 0 Å². The Labute approximate surface area is 60.6 Å². The molecule has 0 bridgehead atoms. The fourth-order valence-electron chi connectivity index (χ4n) is 0.566. The average molecular weight is 271 g/mol. The van der Waals surface area contributed by atoms with Gasteiger partial charge in [-0.25, -0.2) is 0 Å². The van der Waals surface area contributed by atoms with E-state index in [1.165, 1.54) is 0 Å². The summed E-state index contributed by atoms with van der Waals surface area (Å²) in [7, 11) is 11.9. The van der Waals surface area contributed by atoms with E-state index in [-0.39, 0.29) is 0 Å². The van der Waals surface area contributed by atoms with Gasteiger partial charge in [0.15, 0.2) is 0 Å². The van der Waals surface area contributed by atoms with Crippen molar-refractivity contribution in [3.05, 3.63) is 0 Å². The van der Waals surface area contributed by atoms with Crippen LogP contribution < -0.4 is 0 Å². The van der Waals surface area contributed by atoms with E-state index in [0.717, 1.165) is 22.2 Å². The van der Waals surface area contributed by atoms with Crippen LogP contribution in [-0.2, 0) is 4.74 Å². The van der Waals surface area contributed by atoms with Crippen LogP contribution in [0.1, 0.15) is 0 Å². The quantitative estimate of drug-likeness (QED) is 0.611. The van der Waals surface area contributed by atoms with E-state index in [0.29, 0.717) is 0 Å². The maximum absolute atomic E-state index is 5.95. The molecule has 8 heavy (non-hydrogen) atoms. The minimum absolute atomic E-state index is 0.786. The first-order valence-corrected chi connectivity index (χ1v) is 11.7. The summed E-state index contributed by atoms with van der Waals surface area (Å²) < 4.78 is 6.98. The third kappa shape index (κ3) is 2.29. The topological polar surface area (TPSA) is 9.23 Å². The molecule has 1 nitrogen and oxygen atoms in total. The molecule has 1 heterocycles. The van der Waals surface area contributed by atoms with Gasteiger partial charge in [0.05, 0.1) is 0 Å². The van der Waals surface area contributed by atoms with Crippen LogP contribution in [-0.4, -0.2) is 29.2 Å². The van der Waals surface area contributed by atoms with Crippen molar-refractivity contribution < 1.29 is 4.74 Å². The molecule has 0 aromatic rings. The zero-order valence-electron chi connectivity index (χ0n) is 4.40. The normalized spacial score (nSPS) is 31.8. The minimum atomic E-state index is -2.24. The predicted octanol–water partition coefficient (Wildman–Crippen LogP) is 1.94. The van der Waals surface area contributed by atoms with Gasteiger partial charge in [0.1, 0.15) is 0 Å². The summed E-state index contributed by atoms with van der Waals surface area (Å²) >= 11 is -2.24. The fourth-order valence-corrected chi connectivity index (χ4v) is 4.90. The van der Waals surface area contributed by atoms with Gasteiger partial charge in [-0.3, -0.25) is 0 Å². The summed E-state index contributed by atoms with van der Waals surface area (Å²) in [6.45, 7) is 1.57. The molecule has 0 aliphatic carbocycles. The molecule has 0 amide bonds. The van der Waals surface area contributed by atoms with Crippen molar-refractivity contribution in [1.29, 1.82) is 0 Å². The fraction of sp³-hybridized carbons (Fsp3) is 1.00. The van der Waals surface area contributed by atoms with Gasteiger partial charge in [-0.2, -0.15) is 0 Å². The molecule has 0 unspecified atom stereocenters. The molecule has 0 radical (unpaired) electrons. The SMILES string of the molecule is Cl[Te]1(Cl)CCOCC1. The Kier molecular flexibility index (Phi) is 2.74. The second-order valence-corrected chi connectivity index (χ2v) is 17.0. The molecule has 1 saturated heterocycles. The van der Waals surface area contributed by atoms with Crippen molar-refractivity contribution >= 4 is 33.9 Å². The molecular weight excluding hydrogens is 263 g/mol. The van der Waals surface area contributed by atoms with Crippen molar-refractivity contribution in [3.63, 3.8) is 0 Å². The number of hydrogen-bond donors (Lipinski definition) is 0. The molecule has 0 aromatic heterocycles. The molecule has 1 aliphatic rings. The van der Waals surface area contributed by atoms with Crippen molar-refractivity contribution in [2.75, 3.05) is 13.2 Å². The van der Waals surface area contributed by atoms with E-state index in [1.54, 1.807) is 0 Å². The van der Waals surface area contributed by atoms with Crippen molar-refractivity contribution in [3.8, 4) is 0 Å². The number of hydrogen-bond acceptors (Lipinski definition) is 1. The molecule has 1 rings (SSSR count). The Balaban J connectivity index is 2.33. The third-order valence-corrected chi connectivity index (χ3v) is 9.55. The summed E-state index contributed by atoms with van der Waals surface area (Å²) in [4.78, 5) is 0. The predicted molar refractivity (Wildman–Crippen MR) is 37.9 cm³/mol. The second kappa shape index (κ2) is 2.94. The molecule has 4 heteroatoms.